The Kier molecular flexibility index (Phi) is 7.21. The second-order valence-corrected chi connectivity index (χ2v) is 4.97. The number of aliphatic hydroxyl groups excluding tert-OH is 1. The van der Waals surface area contributed by atoms with E-state index in [-0.39, 0.29) is 6.61 Å². The molecule has 3 nitrogen and oxygen atoms in total. The Morgan fingerprint density at radius 3 is 2.53 bits per heavy atom. The summed E-state index contributed by atoms with van der Waals surface area (Å²) in [4.78, 5) is 2.26. The van der Waals surface area contributed by atoms with Gasteiger partial charge in [0.25, 0.3) is 0 Å². The van der Waals surface area contributed by atoms with E-state index in [1.165, 1.54) is 0 Å². The number of halogens is 1. The van der Waals surface area contributed by atoms with Gasteiger partial charge >= 0.3 is 0 Å². The third kappa shape index (κ3) is 4.10. The fourth-order valence-electron chi connectivity index (χ4n) is 2.41. The van der Waals surface area contributed by atoms with Crippen LogP contribution >= 0.6 is 11.6 Å². The summed E-state index contributed by atoms with van der Waals surface area (Å²) in [5, 5.41) is 10.2. The largest absolute Gasteiger partial charge is 0.392 e. The Morgan fingerprint density at radius 2 is 2.00 bits per heavy atom. The van der Waals surface area contributed by atoms with Gasteiger partial charge in [0, 0.05) is 25.3 Å². The molecule has 0 aromatic heterocycles. The van der Waals surface area contributed by atoms with Gasteiger partial charge in [-0.1, -0.05) is 37.6 Å². The molecule has 108 valence electrons. The van der Waals surface area contributed by atoms with Crippen molar-refractivity contribution in [2.24, 2.45) is 0 Å². The Labute approximate surface area is 121 Å². The normalized spacial score (nSPS) is 11.1. The quantitative estimate of drug-likeness (QED) is 0.794. The summed E-state index contributed by atoms with van der Waals surface area (Å²) in [5.74, 6) is 0. The first-order valence-electron chi connectivity index (χ1n) is 6.83. The van der Waals surface area contributed by atoms with Crippen molar-refractivity contribution in [2.75, 3.05) is 25.2 Å². The first-order valence-corrected chi connectivity index (χ1v) is 7.21. The molecule has 0 aliphatic heterocycles. The van der Waals surface area contributed by atoms with E-state index >= 15 is 0 Å². The van der Waals surface area contributed by atoms with Crippen molar-refractivity contribution >= 4 is 17.3 Å². The number of aliphatic hydroxyl groups is 1. The van der Waals surface area contributed by atoms with E-state index in [9.17, 15) is 5.11 Å². The Hall–Kier alpha value is -0.770. The second kappa shape index (κ2) is 8.41. The first kappa shape index (κ1) is 16.3. The van der Waals surface area contributed by atoms with Gasteiger partial charge in [-0.2, -0.15) is 0 Å². The van der Waals surface area contributed by atoms with Crippen molar-refractivity contribution in [3.8, 4) is 0 Å². The highest BCUT2D eigenvalue weighted by Gasteiger charge is 2.20. The zero-order valence-corrected chi connectivity index (χ0v) is 12.8. The van der Waals surface area contributed by atoms with Crippen LogP contribution in [0.3, 0.4) is 0 Å². The molecule has 1 N–H and O–H groups in total. The molecule has 0 saturated heterocycles. The molecule has 0 atom stereocenters. The number of benzene rings is 1. The van der Waals surface area contributed by atoms with Crippen molar-refractivity contribution in [2.45, 2.75) is 39.3 Å². The minimum Gasteiger partial charge on any atom is -0.392 e. The van der Waals surface area contributed by atoms with Crippen molar-refractivity contribution in [3.63, 3.8) is 0 Å². The van der Waals surface area contributed by atoms with E-state index in [4.69, 9.17) is 16.3 Å². The van der Waals surface area contributed by atoms with E-state index < -0.39 is 0 Å². The highest BCUT2D eigenvalue weighted by Crippen LogP contribution is 2.32. The third-order valence-corrected chi connectivity index (χ3v) is 3.75. The number of hydrogen-bond donors (Lipinski definition) is 1. The Bertz CT molecular complexity index is 380. The molecule has 1 aromatic carbocycles. The van der Waals surface area contributed by atoms with Gasteiger partial charge in [0.1, 0.15) is 0 Å². The molecule has 1 rings (SSSR count). The van der Waals surface area contributed by atoms with E-state index in [1.807, 2.05) is 18.2 Å². The van der Waals surface area contributed by atoms with Crippen LogP contribution in [0.25, 0.3) is 0 Å². The highest BCUT2D eigenvalue weighted by atomic mass is 35.5. The molecule has 0 fully saturated rings. The van der Waals surface area contributed by atoms with E-state index in [2.05, 4.69) is 18.7 Å². The zero-order chi connectivity index (χ0) is 14.3. The second-order valence-electron chi connectivity index (χ2n) is 4.56. The van der Waals surface area contributed by atoms with Crippen molar-refractivity contribution in [1.82, 2.24) is 0 Å². The Morgan fingerprint density at radius 1 is 1.32 bits per heavy atom. The molecule has 0 bridgehead atoms. The van der Waals surface area contributed by atoms with Crippen LogP contribution in [0.4, 0.5) is 5.69 Å². The number of para-hydroxylation sites is 1. The van der Waals surface area contributed by atoms with Crippen molar-refractivity contribution in [3.05, 3.63) is 28.8 Å². The molecule has 0 unspecified atom stereocenters. The van der Waals surface area contributed by atoms with Gasteiger partial charge in [0.15, 0.2) is 0 Å². The van der Waals surface area contributed by atoms with Crippen LogP contribution < -0.4 is 4.90 Å². The lowest BCUT2D eigenvalue weighted by Crippen LogP contribution is -2.38. The van der Waals surface area contributed by atoms with Gasteiger partial charge in [-0.3, -0.25) is 0 Å². The van der Waals surface area contributed by atoms with Crippen LogP contribution in [0.15, 0.2) is 18.2 Å². The molecule has 0 radical (unpaired) electrons. The molecule has 4 heteroatoms. The van der Waals surface area contributed by atoms with Crippen LogP contribution in [0.1, 0.15) is 32.3 Å². The average Bonchev–Trinajstić information content (AvgIpc) is 2.43. The number of anilines is 1. The van der Waals surface area contributed by atoms with Gasteiger partial charge in [0.05, 0.1) is 23.9 Å². The minimum atomic E-state index is -0.000472. The van der Waals surface area contributed by atoms with E-state index in [1.54, 1.807) is 7.11 Å². The average molecular weight is 286 g/mol. The summed E-state index contributed by atoms with van der Waals surface area (Å²) in [6.07, 6.45) is 2.08. The minimum absolute atomic E-state index is 0.000472. The standard InChI is InChI=1S/C15H24ClNO2/c1-4-13(5-2)17(9-10-19-3)15-12(11-18)7-6-8-14(15)16/h6-8,13,18H,4-5,9-11H2,1-3H3. The van der Waals surface area contributed by atoms with E-state index in [0.29, 0.717) is 17.7 Å². The third-order valence-electron chi connectivity index (χ3n) is 3.45. The smallest absolute Gasteiger partial charge is 0.0702 e. The number of ether oxygens (including phenoxy) is 1. The summed E-state index contributed by atoms with van der Waals surface area (Å²) in [6, 6.07) is 6.07. The number of nitrogens with zero attached hydrogens (tertiary/aromatic N) is 1. The fourth-order valence-corrected chi connectivity index (χ4v) is 2.71. The Balaban J connectivity index is 3.15. The maximum Gasteiger partial charge on any atom is 0.0702 e. The lowest BCUT2D eigenvalue weighted by molar-refractivity contribution is 0.202. The maximum atomic E-state index is 9.53. The number of hydrogen-bond acceptors (Lipinski definition) is 3. The molecule has 19 heavy (non-hydrogen) atoms. The SMILES string of the molecule is CCC(CC)N(CCOC)c1c(Cl)cccc1CO. The molecule has 0 heterocycles. The summed E-state index contributed by atoms with van der Waals surface area (Å²) in [7, 11) is 1.70. The lowest BCUT2D eigenvalue weighted by atomic mass is 10.1. The lowest BCUT2D eigenvalue weighted by Gasteiger charge is -2.34. The van der Waals surface area contributed by atoms with Gasteiger partial charge < -0.3 is 14.7 Å². The summed E-state index contributed by atoms with van der Waals surface area (Å²) >= 11 is 6.35. The molecule has 1 aromatic rings. The van der Waals surface area contributed by atoms with Gasteiger partial charge in [-0.15, -0.1) is 0 Å². The molecular formula is C15H24ClNO2. The maximum absolute atomic E-state index is 9.53. The summed E-state index contributed by atoms with van der Waals surface area (Å²) in [6.45, 7) is 5.76. The van der Waals surface area contributed by atoms with E-state index in [0.717, 1.165) is 30.6 Å². The molecule has 0 saturated carbocycles. The monoisotopic (exact) mass is 285 g/mol. The zero-order valence-electron chi connectivity index (χ0n) is 12.0. The summed E-state index contributed by atoms with van der Waals surface area (Å²) < 4.78 is 5.20. The van der Waals surface area contributed by atoms with Crippen LogP contribution in [-0.4, -0.2) is 31.4 Å². The molecule has 0 aliphatic rings. The molecular weight excluding hydrogens is 262 g/mol. The molecule has 0 aliphatic carbocycles. The fraction of sp³-hybridized carbons (Fsp3) is 0.600. The summed E-state index contributed by atoms with van der Waals surface area (Å²) in [5.41, 5.74) is 1.81. The predicted octanol–water partition coefficient (Wildman–Crippen LogP) is 3.47. The number of methoxy groups -OCH3 is 1. The first-order chi connectivity index (χ1) is 9.19. The van der Waals surface area contributed by atoms with Crippen LogP contribution in [-0.2, 0) is 11.3 Å². The topological polar surface area (TPSA) is 32.7 Å². The molecule has 0 spiro atoms. The van der Waals surface area contributed by atoms with Gasteiger partial charge in [0.2, 0.25) is 0 Å². The van der Waals surface area contributed by atoms with Crippen LogP contribution in [0.5, 0.6) is 0 Å². The molecule has 0 amide bonds. The van der Waals surface area contributed by atoms with Gasteiger partial charge in [-0.05, 0) is 18.9 Å². The van der Waals surface area contributed by atoms with Gasteiger partial charge in [-0.25, -0.2) is 0 Å². The van der Waals surface area contributed by atoms with Crippen LogP contribution in [0, 0.1) is 0 Å². The number of rotatable bonds is 8. The highest BCUT2D eigenvalue weighted by molar-refractivity contribution is 6.33. The predicted molar refractivity (Wildman–Crippen MR) is 81.0 cm³/mol. The van der Waals surface area contributed by atoms with Crippen molar-refractivity contribution < 1.29 is 9.84 Å². The van der Waals surface area contributed by atoms with Crippen molar-refractivity contribution in [1.29, 1.82) is 0 Å². The van der Waals surface area contributed by atoms with Crippen LogP contribution in [0.2, 0.25) is 5.02 Å².